The van der Waals surface area contributed by atoms with Crippen LogP contribution in [0, 0.1) is 6.92 Å². The second-order valence-corrected chi connectivity index (χ2v) is 8.39. The number of nitrogens with zero attached hydrogens (tertiary/aromatic N) is 2. The van der Waals surface area contributed by atoms with Crippen LogP contribution >= 0.6 is 27.7 Å². The standard InChI is InChI=1S/C22H23BrN2O3S/c1-5-27-18-11-16(12-19-21(26)25(4)22(24-3)29-19)10-17(23)20(18)28-13-15-8-6-7-14(2)9-15/h6-12H,5,13H2,1-4H3/b19-12+,24-22?. The Morgan fingerprint density at radius 2 is 2.03 bits per heavy atom. The maximum atomic E-state index is 12.4. The monoisotopic (exact) mass is 474 g/mol. The molecule has 2 aromatic carbocycles. The molecule has 1 fully saturated rings. The zero-order valence-electron chi connectivity index (χ0n) is 16.9. The maximum absolute atomic E-state index is 12.4. The first kappa shape index (κ1) is 21.5. The predicted octanol–water partition coefficient (Wildman–Crippen LogP) is 5.27. The lowest BCUT2D eigenvalue weighted by atomic mass is 10.1. The molecule has 0 aliphatic carbocycles. The lowest BCUT2D eigenvalue weighted by Gasteiger charge is -2.15. The highest BCUT2D eigenvalue weighted by atomic mass is 79.9. The summed E-state index contributed by atoms with van der Waals surface area (Å²) in [5.41, 5.74) is 3.13. The number of hydrogen-bond acceptors (Lipinski definition) is 5. The third-order valence-corrected chi connectivity index (χ3v) is 6.03. The molecule has 1 aliphatic rings. The molecule has 0 N–H and O–H groups in total. The molecule has 2 aromatic rings. The number of carbonyl (C=O) groups excluding carboxylic acids is 1. The Bertz CT molecular complexity index is 988. The van der Waals surface area contributed by atoms with Crippen molar-refractivity contribution in [2.45, 2.75) is 20.5 Å². The zero-order valence-corrected chi connectivity index (χ0v) is 19.3. The summed E-state index contributed by atoms with van der Waals surface area (Å²) < 4.78 is 12.7. The number of likely N-dealkylation sites (N-methyl/N-ethyl adjacent to an activating group) is 1. The van der Waals surface area contributed by atoms with Crippen molar-refractivity contribution in [2.75, 3.05) is 20.7 Å². The van der Waals surface area contributed by atoms with Crippen LogP contribution in [-0.2, 0) is 11.4 Å². The fourth-order valence-electron chi connectivity index (χ4n) is 2.93. The molecule has 7 heteroatoms. The van der Waals surface area contributed by atoms with Crippen molar-refractivity contribution in [1.29, 1.82) is 0 Å². The minimum absolute atomic E-state index is 0.0653. The van der Waals surface area contributed by atoms with Crippen molar-refractivity contribution in [2.24, 2.45) is 4.99 Å². The highest BCUT2D eigenvalue weighted by Crippen LogP contribution is 2.39. The predicted molar refractivity (Wildman–Crippen MR) is 123 cm³/mol. The van der Waals surface area contributed by atoms with Gasteiger partial charge in [-0.3, -0.25) is 14.7 Å². The van der Waals surface area contributed by atoms with Crippen LogP contribution in [0.3, 0.4) is 0 Å². The second kappa shape index (κ2) is 9.50. The summed E-state index contributed by atoms with van der Waals surface area (Å²) in [7, 11) is 3.40. The van der Waals surface area contributed by atoms with Crippen LogP contribution in [0.25, 0.3) is 6.08 Å². The molecule has 1 aliphatic heterocycles. The fourth-order valence-corrected chi connectivity index (χ4v) is 4.43. The fraction of sp³-hybridized carbons (Fsp3) is 0.273. The van der Waals surface area contributed by atoms with E-state index >= 15 is 0 Å². The number of aryl methyl sites for hydroxylation is 1. The molecule has 0 bridgehead atoms. The van der Waals surface area contributed by atoms with Gasteiger partial charge in [-0.25, -0.2) is 0 Å². The van der Waals surface area contributed by atoms with Crippen molar-refractivity contribution in [3.63, 3.8) is 0 Å². The van der Waals surface area contributed by atoms with E-state index in [2.05, 4.69) is 40.0 Å². The third-order valence-electron chi connectivity index (χ3n) is 4.29. The van der Waals surface area contributed by atoms with E-state index in [1.165, 1.54) is 17.3 Å². The van der Waals surface area contributed by atoms with Crippen molar-refractivity contribution in [3.05, 3.63) is 62.5 Å². The van der Waals surface area contributed by atoms with Gasteiger partial charge in [-0.1, -0.05) is 29.8 Å². The quantitative estimate of drug-likeness (QED) is 0.535. The van der Waals surface area contributed by atoms with Crippen LogP contribution in [0.1, 0.15) is 23.6 Å². The van der Waals surface area contributed by atoms with Gasteiger partial charge in [-0.05, 0) is 70.9 Å². The van der Waals surface area contributed by atoms with E-state index in [0.29, 0.717) is 34.8 Å². The molecule has 5 nitrogen and oxygen atoms in total. The van der Waals surface area contributed by atoms with Crippen LogP contribution in [-0.4, -0.2) is 36.7 Å². The van der Waals surface area contributed by atoms with Gasteiger partial charge in [-0.2, -0.15) is 0 Å². The van der Waals surface area contributed by atoms with Crippen LogP contribution < -0.4 is 9.47 Å². The molecular formula is C22H23BrN2O3S. The topological polar surface area (TPSA) is 51.1 Å². The van der Waals surface area contributed by atoms with E-state index in [0.717, 1.165) is 15.6 Å². The number of aliphatic imine (C=N–C) groups is 1. The molecular weight excluding hydrogens is 452 g/mol. The third kappa shape index (κ3) is 5.03. The van der Waals surface area contributed by atoms with Crippen molar-refractivity contribution < 1.29 is 14.3 Å². The number of hydrogen-bond donors (Lipinski definition) is 0. The molecule has 0 aromatic heterocycles. The smallest absolute Gasteiger partial charge is 0.266 e. The highest BCUT2D eigenvalue weighted by molar-refractivity contribution is 9.10. The van der Waals surface area contributed by atoms with E-state index in [9.17, 15) is 4.79 Å². The Balaban J connectivity index is 1.88. The summed E-state index contributed by atoms with van der Waals surface area (Å²) in [5.74, 6) is 1.22. The molecule has 3 rings (SSSR count). The molecule has 1 heterocycles. The molecule has 29 heavy (non-hydrogen) atoms. The van der Waals surface area contributed by atoms with Gasteiger partial charge in [0, 0.05) is 14.1 Å². The van der Waals surface area contributed by atoms with Gasteiger partial charge in [0.1, 0.15) is 6.61 Å². The van der Waals surface area contributed by atoms with Gasteiger partial charge in [0.15, 0.2) is 16.7 Å². The maximum Gasteiger partial charge on any atom is 0.266 e. The van der Waals surface area contributed by atoms with Crippen molar-refractivity contribution >= 4 is 44.8 Å². The Kier molecular flexibility index (Phi) is 7.03. The minimum Gasteiger partial charge on any atom is -0.490 e. The Morgan fingerprint density at radius 3 is 2.69 bits per heavy atom. The highest BCUT2D eigenvalue weighted by Gasteiger charge is 2.29. The molecule has 1 amide bonds. The normalized spacial score (nSPS) is 16.7. The molecule has 152 valence electrons. The van der Waals surface area contributed by atoms with Gasteiger partial charge in [0.05, 0.1) is 16.0 Å². The first-order valence-electron chi connectivity index (χ1n) is 9.22. The van der Waals surface area contributed by atoms with Gasteiger partial charge in [-0.15, -0.1) is 0 Å². The summed E-state index contributed by atoms with van der Waals surface area (Å²) in [4.78, 5) is 18.7. The summed E-state index contributed by atoms with van der Waals surface area (Å²) in [6.45, 7) is 4.94. The molecule has 0 radical (unpaired) electrons. The number of benzene rings is 2. The second-order valence-electron chi connectivity index (χ2n) is 6.52. The van der Waals surface area contributed by atoms with E-state index in [-0.39, 0.29) is 5.91 Å². The number of amides is 1. The van der Waals surface area contributed by atoms with E-state index in [1.54, 1.807) is 19.0 Å². The Hall–Kier alpha value is -2.25. The van der Waals surface area contributed by atoms with Gasteiger partial charge in [0.2, 0.25) is 0 Å². The van der Waals surface area contributed by atoms with E-state index < -0.39 is 0 Å². The van der Waals surface area contributed by atoms with Gasteiger partial charge < -0.3 is 9.47 Å². The SMILES string of the molecule is CCOc1cc(/C=C2/SC(=NC)N(C)C2=O)cc(Br)c1OCc1cccc(C)c1. The number of thioether (sulfide) groups is 1. The van der Waals surface area contributed by atoms with E-state index in [1.807, 2.05) is 37.3 Å². The lowest BCUT2D eigenvalue weighted by Crippen LogP contribution is -2.23. The average Bonchev–Trinajstić information content (AvgIpc) is 2.95. The van der Waals surface area contributed by atoms with Gasteiger partial charge >= 0.3 is 0 Å². The minimum atomic E-state index is -0.0653. The number of amidine groups is 1. The zero-order chi connectivity index (χ0) is 21.0. The first-order valence-corrected chi connectivity index (χ1v) is 10.8. The number of halogens is 1. The number of rotatable bonds is 6. The molecule has 0 saturated carbocycles. The van der Waals surface area contributed by atoms with Crippen molar-refractivity contribution in [3.8, 4) is 11.5 Å². The molecule has 1 saturated heterocycles. The first-order chi connectivity index (χ1) is 13.9. The summed E-state index contributed by atoms with van der Waals surface area (Å²) in [6.07, 6.45) is 1.85. The summed E-state index contributed by atoms with van der Waals surface area (Å²) >= 11 is 4.96. The van der Waals surface area contributed by atoms with Crippen LogP contribution in [0.2, 0.25) is 0 Å². The molecule has 0 unspecified atom stereocenters. The Morgan fingerprint density at radius 1 is 1.24 bits per heavy atom. The summed E-state index contributed by atoms with van der Waals surface area (Å²) in [6, 6.07) is 12.0. The van der Waals surface area contributed by atoms with Gasteiger partial charge in [0.25, 0.3) is 5.91 Å². The lowest BCUT2D eigenvalue weighted by molar-refractivity contribution is -0.121. The van der Waals surface area contributed by atoms with Crippen LogP contribution in [0.4, 0.5) is 0 Å². The Labute approximate surface area is 183 Å². The van der Waals surface area contributed by atoms with Crippen LogP contribution in [0.5, 0.6) is 11.5 Å². The van der Waals surface area contributed by atoms with E-state index in [4.69, 9.17) is 9.47 Å². The largest absolute Gasteiger partial charge is 0.490 e. The average molecular weight is 475 g/mol. The number of ether oxygens (including phenoxy) is 2. The molecule has 0 spiro atoms. The molecule has 0 atom stereocenters. The van der Waals surface area contributed by atoms with Crippen molar-refractivity contribution in [1.82, 2.24) is 4.90 Å². The number of carbonyl (C=O) groups is 1. The summed E-state index contributed by atoms with van der Waals surface area (Å²) in [5, 5.41) is 0.684. The van der Waals surface area contributed by atoms with Crippen LogP contribution in [0.15, 0.2) is 50.8 Å².